The van der Waals surface area contributed by atoms with Gasteiger partial charge in [0.1, 0.15) is 5.56 Å². The zero-order valence-corrected chi connectivity index (χ0v) is 17.3. The summed E-state index contributed by atoms with van der Waals surface area (Å²) in [4.78, 5) is 26.0. The third-order valence-electron chi connectivity index (χ3n) is 5.40. The molecular weight excluding hydrogens is 392 g/mol. The fourth-order valence-corrected chi connectivity index (χ4v) is 3.68. The van der Waals surface area contributed by atoms with Crippen LogP contribution in [0.15, 0.2) is 30.9 Å². The molecule has 10 heteroatoms. The summed E-state index contributed by atoms with van der Waals surface area (Å²) in [5, 5.41) is 7.47. The maximum absolute atomic E-state index is 13.0. The predicted molar refractivity (Wildman–Crippen MR) is 114 cm³/mol. The van der Waals surface area contributed by atoms with Crippen LogP contribution in [0.1, 0.15) is 24.2 Å². The van der Waals surface area contributed by atoms with Crippen LogP contribution in [0.4, 0.5) is 17.2 Å². The number of hydrogen-bond donors (Lipinski definition) is 2. The van der Waals surface area contributed by atoms with Crippen molar-refractivity contribution in [2.45, 2.75) is 19.4 Å². The van der Waals surface area contributed by atoms with Crippen molar-refractivity contribution in [3.8, 4) is 0 Å². The molecule has 1 fully saturated rings. The highest BCUT2D eigenvalue weighted by atomic mass is 35.5. The first kappa shape index (κ1) is 19.4. The second-order valence-corrected chi connectivity index (χ2v) is 8.24. The Labute approximate surface area is 173 Å². The molecule has 3 aromatic heterocycles. The normalized spacial score (nSPS) is 16.9. The van der Waals surface area contributed by atoms with Crippen molar-refractivity contribution in [3.05, 3.63) is 41.4 Å². The highest BCUT2D eigenvalue weighted by Gasteiger charge is 2.32. The number of piperazine rings is 1. The molecule has 1 amide bonds. The van der Waals surface area contributed by atoms with Crippen molar-refractivity contribution in [1.82, 2.24) is 24.5 Å². The predicted octanol–water partition coefficient (Wildman–Crippen LogP) is 2.14. The summed E-state index contributed by atoms with van der Waals surface area (Å²) in [7, 11) is 2.12. The summed E-state index contributed by atoms with van der Waals surface area (Å²) in [6.45, 7) is 7.01. The molecule has 0 aliphatic carbocycles. The number of aromatic nitrogens is 4. The number of nitrogens with one attached hydrogen (secondary N) is 1. The largest absolute Gasteiger partial charge is 0.381 e. The molecule has 152 valence electrons. The second kappa shape index (κ2) is 7.16. The summed E-state index contributed by atoms with van der Waals surface area (Å²) in [5.41, 5.74) is 8.08. The van der Waals surface area contributed by atoms with Crippen LogP contribution in [0.25, 0.3) is 5.65 Å². The first-order valence-corrected chi connectivity index (χ1v) is 9.65. The molecule has 9 nitrogen and oxygen atoms in total. The van der Waals surface area contributed by atoms with Gasteiger partial charge in [-0.15, -0.1) is 5.10 Å². The van der Waals surface area contributed by atoms with Crippen LogP contribution in [0.3, 0.4) is 0 Å². The number of halogens is 1. The van der Waals surface area contributed by atoms with Gasteiger partial charge in [-0.2, -0.15) is 0 Å². The van der Waals surface area contributed by atoms with E-state index in [2.05, 4.69) is 51.1 Å². The number of amides is 1. The van der Waals surface area contributed by atoms with E-state index in [1.807, 2.05) is 6.07 Å². The van der Waals surface area contributed by atoms with Gasteiger partial charge in [0, 0.05) is 37.6 Å². The monoisotopic (exact) mass is 414 g/mol. The van der Waals surface area contributed by atoms with Crippen molar-refractivity contribution in [2.75, 3.05) is 42.6 Å². The maximum Gasteiger partial charge on any atom is 0.263 e. The Kier molecular flexibility index (Phi) is 4.79. The van der Waals surface area contributed by atoms with Crippen molar-refractivity contribution in [1.29, 1.82) is 0 Å². The van der Waals surface area contributed by atoms with E-state index in [1.165, 1.54) is 10.7 Å². The standard InChI is InChI=1S/C19H23ClN8O/c1-19(2)11-27(7-6-26(19)3)14-4-5-22-9-13(14)24-18(29)15-16(21)25-28-10-12(20)8-23-17(15)28/h4-5,8-10H,6-7,11H2,1-3H3,(H2,21,25)(H,24,29). The first-order valence-electron chi connectivity index (χ1n) is 9.27. The van der Waals surface area contributed by atoms with Crippen LogP contribution in [-0.4, -0.2) is 62.6 Å². The second-order valence-electron chi connectivity index (χ2n) is 7.80. The van der Waals surface area contributed by atoms with E-state index in [1.54, 1.807) is 18.6 Å². The molecular formula is C19H23ClN8O. The van der Waals surface area contributed by atoms with E-state index in [4.69, 9.17) is 17.3 Å². The number of anilines is 3. The Morgan fingerprint density at radius 1 is 1.31 bits per heavy atom. The van der Waals surface area contributed by atoms with Gasteiger partial charge in [0.25, 0.3) is 5.91 Å². The SMILES string of the molecule is CN1CCN(c2ccncc2NC(=O)c2c(N)nn3cc(Cl)cnc23)CC1(C)C. The lowest BCUT2D eigenvalue weighted by Crippen LogP contribution is -2.57. The van der Waals surface area contributed by atoms with Crippen molar-refractivity contribution in [3.63, 3.8) is 0 Å². The Bertz CT molecular complexity index is 1080. The highest BCUT2D eigenvalue weighted by Crippen LogP contribution is 2.30. The molecule has 0 spiro atoms. The van der Waals surface area contributed by atoms with E-state index < -0.39 is 5.91 Å². The number of carbonyl (C=O) groups excluding carboxylic acids is 1. The third kappa shape index (κ3) is 3.58. The smallest absolute Gasteiger partial charge is 0.263 e. The molecule has 0 radical (unpaired) electrons. The summed E-state index contributed by atoms with van der Waals surface area (Å²) in [6.07, 6.45) is 6.38. The Morgan fingerprint density at radius 3 is 2.86 bits per heavy atom. The highest BCUT2D eigenvalue weighted by molar-refractivity contribution is 6.30. The molecule has 1 aliphatic heterocycles. The Morgan fingerprint density at radius 2 is 2.10 bits per heavy atom. The van der Waals surface area contributed by atoms with Crippen LogP contribution in [0.5, 0.6) is 0 Å². The topological polar surface area (TPSA) is 105 Å². The summed E-state index contributed by atoms with van der Waals surface area (Å²) in [6, 6.07) is 1.91. The zero-order chi connectivity index (χ0) is 20.8. The van der Waals surface area contributed by atoms with Gasteiger partial charge in [-0.1, -0.05) is 11.6 Å². The van der Waals surface area contributed by atoms with Gasteiger partial charge in [-0.25, -0.2) is 9.50 Å². The van der Waals surface area contributed by atoms with Crippen LogP contribution in [-0.2, 0) is 0 Å². The van der Waals surface area contributed by atoms with Gasteiger partial charge in [-0.3, -0.25) is 14.7 Å². The number of rotatable bonds is 3. The molecule has 0 atom stereocenters. The van der Waals surface area contributed by atoms with Gasteiger partial charge >= 0.3 is 0 Å². The van der Waals surface area contributed by atoms with E-state index in [-0.39, 0.29) is 16.9 Å². The Hall–Kier alpha value is -2.91. The van der Waals surface area contributed by atoms with E-state index in [0.29, 0.717) is 16.4 Å². The van der Waals surface area contributed by atoms with Crippen molar-refractivity contribution >= 4 is 40.3 Å². The van der Waals surface area contributed by atoms with Gasteiger partial charge in [-0.05, 0) is 27.0 Å². The zero-order valence-electron chi connectivity index (χ0n) is 16.6. The number of nitrogens with zero attached hydrogens (tertiary/aromatic N) is 6. The summed E-state index contributed by atoms with van der Waals surface area (Å²) in [5.74, 6) is -0.307. The lowest BCUT2D eigenvalue weighted by molar-refractivity contribution is 0.102. The number of nitrogens with two attached hydrogens (primary N) is 1. The fourth-order valence-electron chi connectivity index (χ4n) is 3.54. The average Bonchev–Trinajstić information content (AvgIpc) is 2.99. The summed E-state index contributed by atoms with van der Waals surface area (Å²) < 4.78 is 1.40. The molecule has 4 rings (SSSR count). The number of likely N-dealkylation sites (N-methyl/N-ethyl adjacent to an activating group) is 1. The third-order valence-corrected chi connectivity index (χ3v) is 5.59. The fraction of sp³-hybridized carbons (Fsp3) is 0.368. The molecule has 3 aromatic rings. The van der Waals surface area contributed by atoms with Crippen molar-refractivity contribution < 1.29 is 4.79 Å². The summed E-state index contributed by atoms with van der Waals surface area (Å²) >= 11 is 5.95. The molecule has 1 saturated heterocycles. The molecule has 29 heavy (non-hydrogen) atoms. The van der Waals surface area contributed by atoms with Gasteiger partial charge < -0.3 is 16.0 Å². The van der Waals surface area contributed by atoms with Gasteiger partial charge in [0.05, 0.1) is 28.8 Å². The average molecular weight is 415 g/mol. The number of pyridine rings is 1. The van der Waals surface area contributed by atoms with Gasteiger partial charge in [0.15, 0.2) is 11.5 Å². The minimum atomic E-state index is -0.394. The lowest BCUT2D eigenvalue weighted by Gasteiger charge is -2.46. The Balaban J connectivity index is 1.65. The number of hydrogen-bond acceptors (Lipinski definition) is 7. The molecule has 0 saturated carbocycles. The van der Waals surface area contributed by atoms with Crippen molar-refractivity contribution in [2.24, 2.45) is 0 Å². The van der Waals surface area contributed by atoms with Crippen LogP contribution < -0.4 is 16.0 Å². The molecule has 0 aromatic carbocycles. The lowest BCUT2D eigenvalue weighted by atomic mass is 9.99. The molecule has 3 N–H and O–H groups in total. The molecule has 1 aliphatic rings. The molecule has 4 heterocycles. The van der Waals surface area contributed by atoms with E-state index in [9.17, 15) is 4.79 Å². The molecule has 0 bridgehead atoms. The number of carbonyl (C=O) groups is 1. The van der Waals surface area contributed by atoms with Crippen LogP contribution in [0, 0.1) is 0 Å². The van der Waals surface area contributed by atoms with E-state index >= 15 is 0 Å². The maximum atomic E-state index is 13.0. The van der Waals surface area contributed by atoms with Crippen LogP contribution in [0.2, 0.25) is 5.02 Å². The minimum absolute atomic E-state index is 0.0128. The van der Waals surface area contributed by atoms with Gasteiger partial charge in [0.2, 0.25) is 0 Å². The number of fused-ring (bicyclic) bond motifs is 1. The van der Waals surface area contributed by atoms with Crippen LogP contribution >= 0.6 is 11.6 Å². The van der Waals surface area contributed by atoms with E-state index in [0.717, 1.165) is 25.3 Å². The quantitative estimate of drug-likeness (QED) is 0.676. The first-order chi connectivity index (χ1) is 13.8. The number of nitrogen functional groups attached to an aromatic ring is 1. The minimum Gasteiger partial charge on any atom is -0.381 e. The molecule has 0 unspecified atom stereocenters.